The van der Waals surface area contributed by atoms with Crippen molar-refractivity contribution in [1.82, 2.24) is 9.30 Å². The fourth-order valence-electron chi connectivity index (χ4n) is 3.71. The molecule has 3 aromatic rings. The maximum atomic E-state index is 13.2. The van der Waals surface area contributed by atoms with E-state index in [4.69, 9.17) is 0 Å². The largest absolute Gasteiger partial charge is 0.313 e. The average Bonchev–Trinajstić information content (AvgIpc) is 3.10. The molecule has 0 amide bonds. The average molecular weight is 363 g/mol. The monoisotopic (exact) mass is 362 g/mol. The van der Waals surface area contributed by atoms with E-state index >= 15 is 0 Å². The fourth-order valence-corrected chi connectivity index (χ4v) is 3.71. The highest BCUT2D eigenvalue weighted by Gasteiger charge is 2.18. The van der Waals surface area contributed by atoms with Gasteiger partial charge in [-0.05, 0) is 68.2 Å². The molecule has 27 heavy (non-hydrogen) atoms. The first kappa shape index (κ1) is 19.4. The summed E-state index contributed by atoms with van der Waals surface area (Å²) in [6, 6.07) is 16.3. The third-order valence-electron chi connectivity index (χ3n) is 5.40. The Morgan fingerprint density at radius 2 is 1.74 bits per heavy atom. The Labute approximate surface area is 162 Å². The number of hydrogen-bond donors (Lipinski definition) is 0. The van der Waals surface area contributed by atoms with E-state index in [2.05, 4.69) is 49.9 Å². The molecule has 0 saturated heterocycles. The van der Waals surface area contributed by atoms with Crippen LogP contribution in [-0.4, -0.2) is 34.7 Å². The van der Waals surface area contributed by atoms with Crippen LogP contribution < -0.4 is 0 Å². The summed E-state index contributed by atoms with van der Waals surface area (Å²) in [6.07, 6.45) is 5.03. The molecular formula is C24H30N2O. The molecule has 0 fully saturated rings. The lowest BCUT2D eigenvalue weighted by atomic mass is 10.0. The molecule has 0 saturated carbocycles. The van der Waals surface area contributed by atoms with Crippen LogP contribution in [0.15, 0.2) is 54.7 Å². The van der Waals surface area contributed by atoms with Crippen molar-refractivity contribution in [3.63, 3.8) is 0 Å². The van der Waals surface area contributed by atoms with Crippen LogP contribution >= 0.6 is 0 Å². The molecule has 3 nitrogen and oxygen atoms in total. The van der Waals surface area contributed by atoms with Gasteiger partial charge in [-0.1, -0.05) is 51.1 Å². The third-order valence-corrected chi connectivity index (χ3v) is 5.40. The van der Waals surface area contributed by atoms with E-state index in [0.717, 1.165) is 61.2 Å². The molecule has 3 heteroatoms. The molecule has 142 valence electrons. The molecular weight excluding hydrogens is 332 g/mol. The van der Waals surface area contributed by atoms with Gasteiger partial charge in [-0.3, -0.25) is 4.79 Å². The summed E-state index contributed by atoms with van der Waals surface area (Å²) in [7, 11) is 0. The minimum atomic E-state index is 0.104. The first-order valence-electron chi connectivity index (χ1n) is 10.1. The van der Waals surface area contributed by atoms with Crippen molar-refractivity contribution >= 4 is 11.3 Å². The highest BCUT2D eigenvalue weighted by molar-refractivity contribution is 6.09. The van der Waals surface area contributed by atoms with Crippen molar-refractivity contribution in [3.8, 4) is 0 Å². The number of nitrogens with zero attached hydrogens (tertiary/aromatic N) is 2. The van der Waals surface area contributed by atoms with Crippen molar-refractivity contribution in [2.24, 2.45) is 0 Å². The predicted molar refractivity (Wildman–Crippen MR) is 113 cm³/mol. The minimum Gasteiger partial charge on any atom is -0.313 e. The summed E-state index contributed by atoms with van der Waals surface area (Å²) in [6.45, 7) is 9.86. The van der Waals surface area contributed by atoms with Gasteiger partial charge in [0.05, 0.1) is 5.69 Å². The van der Waals surface area contributed by atoms with Crippen molar-refractivity contribution in [1.29, 1.82) is 0 Å². The Balaban J connectivity index is 1.75. The van der Waals surface area contributed by atoms with Crippen LogP contribution in [0.2, 0.25) is 0 Å². The van der Waals surface area contributed by atoms with Crippen LogP contribution in [-0.2, 0) is 12.8 Å². The Morgan fingerprint density at radius 3 is 2.41 bits per heavy atom. The second-order valence-electron chi connectivity index (χ2n) is 7.02. The summed E-state index contributed by atoms with van der Waals surface area (Å²) in [4.78, 5) is 15.6. The number of aryl methyl sites for hydroxylation is 2. The number of carbonyl (C=O) groups excluding carboxylic acids is 1. The number of benzene rings is 1. The van der Waals surface area contributed by atoms with Crippen LogP contribution in [0.25, 0.3) is 5.52 Å². The highest BCUT2D eigenvalue weighted by Crippen LogP contribution is 2.21. The second-order valence-corrected chi connectivity index (χ2v) is 7.02. The summed E-state index contributed by atoms with van der Waals surface area (Å²) in [5, 5.41) is 0. The lowest BCUT2D eigenvalue weighted by Crippen LogP contribution is -2.24. The third kappa shape index (κ3) is 4.30. The van der Waals surface area contributed by atoms with Crippen molar-refractivity contribution in [3.05, 3.63) is 77.1 Å². The van der Waals surface area contributed by atoms with Gasteiger partial charge in [0.2, 0.25) is 5.78 Å². The van der Waals surface area contributed by atoms with Crippen LogP contribution in [0.3, 0.4) is 0 Å². The summed E-state index contributed by atoms with van der Waals surface area (Å²) >= 11 is 0. The van der Waals surface area contributed by atoms with Crippen LogP contribution in [0, 0.1) is 0 Å². The van der Waals surface area contributed by atoms with Gasteiger partial charge in [-0.15, -0.1) is 0 Å². The van der Waals surface area contributed by atoms with Crippen LogP contribution in [0.4, 0.5) is 0 Å². The Hall–Kier alpha value is -2.39. The van der Waals surface area contributed by atoms with Gasteiger partial charge in [0.1, 0.15) is 0 Å². The van der Waals surface area contributed by atoms with Crippen molar-refractivity contribution in [2.75, 3.05) is 19.6 Å². The van der Waals surface area contributed by atoms with Gasteiger partial charge < -0.3 is 9.30 Å². The van der Waals surface area contributed by atoms with Crippen molar-refractivity contribution < 1.29 is 4.79 Å². The van der Waals surface area contributed by atoms with Gasteiger partial charge >= 0.3 is 0 Å². The number of hydrogen-bond acceptors (Lipinski definition) is 2. The van der Waals surface area contributed by atoms with E-state index in [1.165, 1.54) is 5.56 Å². The quantitative estimate of drug-likeness (QED) is 0.500. The molecule has 1 aromatic carbocycles. The zero-order chi connectivity index (χ0) is 19.2. The molecule has 0 bridgehead atoms. The number of pyridine rings is 1. The van der Waals surface area contributed by atoms with Gasteiger partial charge in [-0.25, -0.2) is 0 Å². The van der Waals surface area contributed by atoms with Crippen LogP contribution in [0.5, 0.6) is 0 Å². The van der Waals surface area contributed by atoms with Gasteiger partial charge in [0.15, 0.2) is 0 Å². The van der Waals surface area contributed by atoms with E-state index in [1.807, 2.05) is 34.9 Å². The standard InChI is InChI=1S/C24H30N2O/c1-4-20-18-22-11-7-8-17-26(22)23(20)24(27)21-14-12-19(13-15-21)10-9-16-25(5-2)6-3/h7-8,11-15,17-18H,4-6,9-10,16H2,1-3H3. The van der Waals surface area contributed by atoms with E-state index in [1.54, 1.807) is 0 Å². The SMILES string of the molecule is CCc1cc2ccccn2c1C(=O)c1ccc(CCCN(CC)CC)cc1. The van der Waals surface area contributed by atoms with Crippen molar-refractivity contribution in [2.45, 2.75) is 40.0 Å². The number of fused-ring (bicyclic) bond motifs is 1. The first-order valence-corrected chi connectivity index (χ1v) is 10.1. The fraction of sp³-hybridized carbons (Fsp3) is 0.375. The molecule has 0 aliphatic heterocycles. The maximum Gasteiger partial charge on any atom is 0.210 e. The maximum absolute atomic E-state index is 13.2. The Morgan fingerprint density at radius 1 is 1.00 bits per heavy atom. The number of aromatic nitrogens is 1. The molecule has 0 spiro atoms. The number of carbonyl (C=O) groups is 1. The lowest BCUT2D eigenvalue weighted by molar-refractivity contribution is 0.103. The predicted octanol–water partition coefficient (Wildman–Crippen LogP) is 5.01. The summed E-state index contributed by atoms with van der Waals surface area (Å²) < 4.78 is 2.01. The van der Waals surface area contributed by atoms with E-state index < -0.39 is 0 Å². The Bertz CT molecular complexity index is 888. The molecule has 0 aliphatic carbocycles. The molecule has 3 rings (SSSR count). The first-order chi connectivity index (χ1) is 13.2. The zero-order valence-corrected chi connectivity index (χ0v) is 16.7. The zero-order valence-electron chi connectivity index (χ0n) is 16.7. The van der Waals surface area contributed by atoms with Gasteiger partial charge in [-0.2, -0.15) is 0 Å². The molecule has 0 unspecified atom stereocenters. The van der Waals surface area contributed by atoms with Gasteiger partial charge in [0.25, 0.3) is 0 Å². The minimum absolute atomic E-state index is 0.104. The molecule has 0 aliphatic rings. The normalized spacial score (nSPS) is 11.4. The molecule has 2 heterocycles. The topological polar surface area (TPSA) is 24.7 Å². The molecule has 0 atom stereocenters. The van der Waals surface area contributed by atoms with Gasteiger partial charge in [0, 0.05) is 17.3 Å². The molecule has 0 radical (unpaired) electrons. The number of rotatable bonds is 9. The summed E-state index contributed by atoms with van der Waals surface area (Å²) in [5.41, 5.74) is 5.04. The number of ketones is 1. The summed E-state index contributed by atoms with van der Waals surface area (Å²) in [5.74, 6) is 0.104. The van der Waals surface area contributed by atoms with E-state index in [-0.39, 0.29) is 5.78 Å². The van der Waals surface area contributed by atoms with Crippen LogP contribution in [0.1, 0.15) is 54.4 Å². The van der Waals surface area contributed by atoms with E-state index in [0.29, 0.717) is 0 Å². The second kappa shape index (κ2) is 9.01. The highest BCUT2D eigenvalue weighted by atomic mass is 16.1. The van der Waals surface area contributed by atoms with E-state index in [9.17, 15) is 4.79 Å². The Kier molecular flexibility index (Phi) is 6.46. The molecule has 0 N–H and O–H groups in total. The lowest BCUT2D eigenvalue weighted by Gasteiger charge is -2.17. The smallest absolute Gasteiger partial charge is 0.210 e. The molecule has 2 aromatic heterocycles.